The van der Waals surface area contributed by atoms with Crippen molar-refractivity contribution < 1.29 is 19.1 Å². The summed E-state index contributed by atoms with van der Waals surface area (Å²) in [6.07, 6.45) is 0. The lowest BCUT2D eigenvalue weighted by Crippen LogP contribution is -2.49. The molecule has 7 nitrogen and oxygen atoms in total. The van der Waals surface area contributed by atoms with Gasteiger partial charge in [-0.25, -0.2) is 4.98 Å². The number of aryl methyl sites for hydroxylation is 2. The first-order valence-corrected chi connectivity index (χ1v) is 11.2. The van der Waals surface area contributed by atoms with Crippen LogP contribution in [0.1, 0.15) is 16.8 Å². The van der Waals surface area contributed by atoms with E-state index in [-0.39, 0.29) is 18.4 Å². The van der Waals surface area contributed by atoms with Gasteiger partial charge in [-0.15, -0.1) is 11.3 Å². The van der Waals surface area contributed by atoms with Crippen molar-refractivity contribution in [3.8, 4) is 22.8 Å². The van der Waals surface area contributed by atoms with Crippen LogP contribution >= 0.6 is 22.9 Å². The Kier molecular flexibility index (Phi) is 6.08. The van der Waals surface area contributed by atoms with Gasteiger partial charge in [0, 0.05) is 16.1 Å². The van der Waals surface area contributed by atoms with Gasteiger partial charge >= 0.3 is 0 Å². The first kappa shape index (κ1) is 22.1. The third kappa shape index (κ3) is 4.16. The van der Waals surface area contributed by atoms with Gasteiger partial charge in [0.15, 0.2) is 6.61 Å². The van der Waals surface area contributed by atoms with E-state index in [0.29, 0.717) is 27.9 Å². The molecule has 0 fully saturated rings. The molecule has 1 aliphatic rings. The molecule has 4 rings (SSSR count). The fraction of sp³-hybridized carbons (Fsp3) is 0.261. The summed E-state index contributed by atoms with van der Waals surface area (Å²) in [5.74, 6) is 0.412. The maximum absolute atomic E-state index is 13.0. The normalized spacial score (nSPS) is 13.9. The van der Waals surface area contributed by atoms with Gasteiger partial charge in [0.05, 0.1) is 28.5 Å². The van der Waals surface area contributed by atoms with Crippen molar-refractivity contribution in [1.82, 2.24) is 4.98 Å². The monoisotopic (exact) mass is 471 g/mol. The molecule has 1 aromatic heterocycles. The zero-order valence-electron chi connectivity index (χ0n) is 18.1. The summed E-state index contributed by atoms with van der Waals surface area (Å²) in [5.41, 5.74) is 2.77. The number of anilines is 2. The first-order chi connectivity index (χ1) is 15.3. The van der Waals surface area contributed by atoms with Gasteiger partial charge in [0.2, 0.25) is 5.91 Å². The van der Waals surface area contributed by atoms with Gasteiger partial charge in [-0.2, -0.15) is 0 Å². The van der Waals surface area contributed by atoms with E-state index >= 15 is 0 Å². The summed E-state index contributed by atoms with van der Waals surface area (Å²) in [6.45, 7) is 5.51. The quantitative estimate of drug-likeness (QED) is 0.575. The predicted molar refractivity (Wildman–Crippen MR) is 126 cm³/mol. The zero-order valence-corrected chi connectivity index (χ0v) is 19.6. The molecule has 2 aromatic carbocycles. The van der Waals surface area contributed by atoms with Crippen LogP contribution in [0.3, 0.4) is 0 Å². The SMILES string of the molecule is COc1ccc(NC(=O)C(C)N2C(=O)COc3ccc(-c4nc(C)sc4C)cc32)cc1Cl. The minimum atomic E-state index is -0.778. The molecule has 9 heteroatoms. The lowest BCUT2D eigenvalue weighted by molar-refractivity contribution is -0.125. The minimum Gasteiger partial charge on any atom is -0.495 e. The molecule has 2 amide bonds. The highest BCUT2D eigenvalue weighted by Gasteiger charge is 2.33. The fourth-order valence-corrected chi connectivity index (χ4v) is 4.75. The number of hydrogen-bond donors (Lipinski definition) is 1. The highest BCUT2D eigenvalue weighted by molar-refractivity contribution is 7.11. The van der Waals surface area contributed by atoms with Crippen molar-refractivity contribution in [3.05, 3.63) is 51.3 Å². The number of thiazole rings is 1. The molecule has 0 saturated heterocycles. The van der Waals surface area contributed by atoms with Gasteiger partial charge in [0.25, 0.3) is 5.91 Å². The predicted octanol–water partition coefficient (Wildman–Crippen LogP) is 4.84. The van der Waals surface area contributed by atoms with Gasteiger partial charge in [-0.1, -0.05) is 11.6 Å². The van der Waals surface area contributed by atoms with E-state index in [9.17, 15) is 9.59 Å². The molecule has 0 saturated carbocycles. The Balaban J connectivity index is 1.64. The Morgan fingerprint density at radius 2 is 2.06 bits per heavy atom. The smallest absolute Gasteiger partial charge is 0.265 e. The summed E-state index contributed by atoms with van der Waals surface area (Å²) in [4.78, 5) is 33.0. The number of aromatic nitrogens is 1. The van der Waals surface area contributed by atoms with Crippen LogP contribution in [-0.2, 0) is 9.59 Å². The fourth-order valence-electron chi connectivity index (χ4n) is 3.65. The van der Waals surface area contributed by atoms with Crippen LogP contribution in [0.4, 0.5) is 11.4 Å². The van der Waals surface area contributed by atoms with Gasteiger partial charge < -0.3 is 14.8 Å². The number of halogens is 1. The highest BCUT2D eigenvalue weighted by Crippen LogP contribution is 2.38. The third-order valence-corrected chi connectivity index (χ3v) is 6.38. The van der Waals surface area contributed by atoms with Gasteiger partial charge in [-0.05, 0) is 57.2 Å². The second-order valence-electron chi connectivity index (χ2n) is 7.39. The van der Waals surface area contributed by atoms with Crippen molar-refractivity contribution in [1.29, 1.82) is 0 Å². The van der Waals surface area contributed by atoms with Crippen molar-refractivity contribution in [2.45, 2.75) is 26.8 Å². The second kappa shape index (κ2) is 8.80. The van der Waals surface area contributed by atoms with Crippen molar-refractivity contribution >= 4 is 46.1 Å². The van der Waals surface area contributed by atoms with E-state index in [1.807, 2.05) is 32.0 Å². The number of hydrogen-bond acceptors (Lipinski definition) is 6. The Labute approximate surface area is 194 Å². The summed E-state index contributed by atoms with van der Waals surface area (Å²) < 4.78 is 10.8. The minimum absolute atomic E-state index is 0.132. The Bertz CT molecular complexity index is 1210. The molecule has 3 aromatic rings. The van der Waals surface area contributed by atoms with Crippen LogP contribution in [0.15, 0.2) is 36.4 Å². The molecule has 0 aliphatic carbocycles. The molecule has 1 N–H and O–H groups in total. The average molecular weight is 472 g/mol. The third-order valence-electron chi connectivity index (χ3n) is 5.20. The van der Waals surface area contributed by atoms with Crippen LogP contribution in [0.25, 0.3) is 11.3 Å². The Hall–Kier alpha value is -3.10. The van der Waals surface area contributed by atoms with Crippen LogP contribution in [0.2, 0.25) is 5.02 Å². The lowest BCUT2D eigenvalue weighted by atomic mass is 10.1. The van der Waals surface area contributed by atoms with Crippen molar-refractivity contribution in [2.24, 2.45) is 0 Å². The average Bonchev–Trinajstić information content (AvgIpc) is 3.10. The van der Waals surface area contributed by atoms with E-state index in [1.165, 1.54) is 12.0 Å². The highest BCUT2D eigenvalue weighted by atomic mass is 35.5. The molecule has 166 valence electrons. The number of nitrogens with zero attached hydrogens (tertiary/aromatic N) is 2. The summed E-state index contributed by atoms with van der Waals surface area (Å²) in [6, 6.07) is 9.76. The Morgan fingerprint density at radius 3 is 2.72 bits per heavy atom. The van der Waals surface area contributed by atoms with Gasteiger partial charge in [-0.3, -0.25) is 14.5 Å². The Morgan fingerprint density at radius 1 is 1.28 bits per heavy atom. The molecule has 0 bridgehead atoms. The van der Waals surface area contributed by atoms with Crippen LogP contribution in [0, 0.1) is 13.8 Å². The van der Waals surface area contributed by atoms with E-state index in [1.54, 1.807) is 36.5 Å². The molecule has 32 heavy (non-hydrogen) atoms. The first-order valence-electron chi connectivity index (χ1n) is 9.96. The molecule has 1 unspecified atom stereocenters. The molecule has 0 spiro atoms. The number of rotatable bonds is 5. The zero-order chi connectivity index (χ0) is 23.0. The molecular weight excluding hydrogens is 450 g/mol. The standard InChI is InChI=1S/C23H22ClN3O4S/c1-12(23(29)26-16-6-8-19(30-4)17(24)10-16)27-18-9-15(22-13(2)32-14(3)25-22)5-7-20(18)31-11-21(27)28/h5-10,12H,11H2,1-4H3,(H,26,29). The van der Waals surface area contributed by atoms with E-state index in [4.69, 9.17) is 21.1 Å². The molecule has 1 aliphatic heterocycles. The number of nitrogens with one attached hydrogen (secondary N) is 1. The van der Waals surface area contributed by atoms with E-state index in [2.05, 4.69) is 10.3 Å². The number of carbonyl (C=O) groups is 2. The van der Waals surface area contributed by atoms with Crippen molar-refractivity contribution in [2.75, 3.05) is 23.9 Å². The van der Waals surface area contributed by atoms with Gasteiger partial charge in [0.1, 0.15) is 17.5 Å². The summed E-state index contributed by atoms with van der Waals surface area (Å²) >= 11 is 7.77. The van der Waals surface area contributed by atoms with Crippen LogP contribution < -0.4 is 19.7 Å². The van der Waals surface area contributed by atoms with E-state index < -0.39 is 6.04 Å². The van der Waals surface area contributed by atoms with E-state index in [0.717, 1.165) is 21.1 Å². The molecule has 2 heterocycles. The van der Waals surface area contributed by atoms with Crippen molar-refractivity contribution in [3.63, 3.8) is 0 Å². The molecule has 0 radical (unpaired) electrons. The number of amides is 2. The topological polar surface area (TPSA) is 80.8 Å². The largest absolute Gasteiger partial charge is 0.495 e. The second-order valence-corrected chi connectivity index (χ2v) is 9.20. The summed E-state index contributed by atoms with van der Waals surface area (Å²) in [5, 5.41) is 4.16. The molecular formula is C23H22ClN3O4S. The summed E-state index contributed by atoms with van der Waals surface area (Å²) in [7, 11) is 1.52. The lowest BCUT2D eigenvalue weighted by Gasteiger charge is -2.33. The maximum Gasteiger partial charge on any atom is 0.265 e. The number of ether oxygens (including phenoxy) is 2. The van der Waals surface area contributed by atoms with Crippen LogP contribution in [-0.4, -0.2) is 36.6 Å². The number of fused-ring (bicyclic) bond motifs is 1. The molecule has 1 atom stereocenters. The van der Waals surface area contributed by atoms with Crippen LogP contribution in [0.5, 0.6) is 11.5 Å². The number of methoxy groups -OCH3 is 1. The number of benzene rings is 2. The maximum atomic E-state index is 13.0. The number of carbonyl (C=O) groups excluding carboxylic acids is 2.